The minimum Gasteiger partial charge on any atom is -0.392 e. The first-order chi connectivity index (χ1) is 9.76. The molecular formula is C16H19BrN2O. The minimum atomic E-state index is -0.0166. The van der Waals surface area contributed by atoms with Gasteiger partial charge in [0.25, 0.3) is 0 Å². The molecule has 0 fully saturated rings. The first-order valence-electron chi connectivity index (χ1n) is 6.84. The van der Waals surface area contributed by atoms with Crippen molar-refractivity contribution in [2.24, 2.45) is 0 Å². The molecule has 3 nitrogen and oxygen atoms in total. The van der Waals surface area contributed by atoms with Crippen LogP contribution in [0.2, 0.25) is 0 Å². The van der Waals surface area contributed by atoms with E-state index in [1.54, 1.807) is 6.20 Å². The van der Waals surface area contributed by atoms with Crippen molar-refractivity contribution in [2.75, 3.05) is 11.4 Å². The van der Waals surface area contributed by atoms with E-state index in [2.05, 4.69) is 44.9 Å². The zero-order chi connectivity index (χ0) is 14.4. The molecule has 1 aromatic carbocycles. The van der Waals surface area contributed by atoms with E-state index in [4.69, 9.17) is 0 Å². The number of benzene rings is 1. The van der Waals surface area contributed by atoms with Gasteiger partial charge in [-0.05, 0) is 40.5 Å². The van der Waals surface area contributed by atoms with Gasteiger partial charge in [0, 0.05) is 28.5 Å². The van der Waals surface area contributed by atoms with Gasteiger partial charge in [0.05, 0.1) is 6.61 Å². The highest BCUT2D eigenvalue weighted by Crippen LogP contribution is 2.28. The van der Waals surface area contributed by atoms with E-state index in [1.807, 2.05) is 24.3 Å². The number of pyridine rings is 1. The lowest BCUT2D eigenvalue weighted by Gasteiger charge is -2.25. The number of aliphatic hydroxyl groups is 1. The summed E-state index contributed by atoms with van der Waals surface area (Å²) >= 11 is 3.40. The molecule has 4 heteroatoms. The maximum absolute atomic E-state index is 9.58. The molecule has 0 aliphatic carbocycles. The van der Waals surface area contributed by atoms with Crippen molar-refractivity contribution in [3.63, 3.8) is 0 Å². The van der Waals surface area contributed by atoms with Crippen LogP contribution in [0.15, 0.2) is 47.1 Å². The summed E-state index contributed by atoms with van der Waals surface area (Å²) in [7, 11) is 0. The number of hydrogen-bond donors (Lipinski definition) is 1. The Morgan fingerprint density at radius 1 is 1.25 bits per heavy atom. The van der Waals surface area contributed by atoms with E-state index in [9.17, 15) is 5.11 Å². The topological polar surface area (TPSA) is 36.4 Å². The number of hydrogen-bond acceptors (Lipinski definition) is 3. The summed E-state index contributed by atoms with van der Waals surface area (Å²) in [6.45, 7) is 3.05. The molecule has 0 unspecified atom stereocenters. The van der Waals surface area contributed by atoms with Crippen molar-refractivity contribution in [3.05, 3.63) is 52.6 Å². The highest BCUT2D eigenvalue weighted by molar-refractivity contribution is 9.10. The molecule has 0 amide bonds. The van der Waals surface area contributed by atoms with Gasteiger partial charge in [-0.1, -0.05) is 31.5 Å². The highest BCUT2D eigenvalue weighted by Gasteiger charge is 2.14. The second kappa shape index (κ2) is 7.41. The standard InChI is InChI=1S/C16H19BrN2O/c1-2-3-9-19(15-7-5-4-6-8-15)16-13(12-20)10-14(17)11-18-16/h4-8,10-11,20H,2-3,9,12H2,1H3. The minimum absolute atomic E-state index is 0.0166. The van der Waals surface area contributed by atoms with Crippen LogP contribution < -0.4 is 4.90 Å². The molecule has 1 heterocycles. The smallest absolute Gasteiger partial charge is 0.138 e. The van der Waals surface area contributed by atoms with Gasteiger partial charge in [-0.25, -0.2) is 4.98 Å². The Morgan fingerprint density at radius 2 is 2.00 bits per heavy atom. The number of rotatable bonds is 6. The molecule has 1 N–H and O–H groups in total. The fraction of sp³-hybridized carbons (Fsp3) is 0.312. The Bertz CT molecular complexity index is 545. The molecule has 0 spiro atoms. The molecule has 0 aliphatic heterocycles. The first-order valence-corrected chi connectivity index (χ1v) is 7.63. The molecule has 2 rings (SSSR count). The average molecular weight is 335 g/mol. The summed E-state index contributed by atoms with van der Waals surface area (Å²) in [6.07, 6.45) is 3.97. The summed E-state index contributed by atoms with van der Waals surface area (Å²) in [5.41, 5.74) is 1.94. The lowest BCUT2D eigenvalue weighted by molar-refractivity contribution is 0.281. The molecule has 0 saturated carbocycles. The quantitative estimate of drug-likeness (QED) is 0.856. The second-order valence-corrected chi connectivity index (χ2v) is 5.55. The molecule has 0 aliphatic rings. The van der Waals surface area contributed by atoms with E-state index >= 15 is 0 Å². The van der Waals surface area contributed by atoms with Crippen LogP contribution in [0.3, 0.4) is 0 Å². The van der Waals surface area contributed by atoms with Crippen molar-refractivity contribution in [2.45, 2.75) is 26.4 Å². The van der Waals surface area contributed by atoms with Crippen LogP contribution in [0.25, 0.3) is 0 Å². The summed E-state index contributed by atoms with van der Waals surface area (Å²) in [5.74, 6) is 0.829. The van der Waals surface area contributed by atoms with Crippen molar-refractivity contribution in [1.82, 2.24) is 4.98 Å². The van der Waals surface area contributed by atoms with Gasteiger partial charge in [0.2, 0.25) is 0 Å². The van der Waals surface area contributed by atoms with Crippen LogP contribution in [0, 0.1) is 0 Å². The maximum atomic E-state index is 9.58. The average Bonchev–Trinajstić information content (AvgIpc) is 2.49. The molecular weight excluding hydrogens is 316 g/mol. The molecule has 0 saturated heterocycles. The van der Waals surface area contributed by atoms with Crippen molar-refractivity contribution >= 4 is 27.4 Å². The van der Waals surface area contributed by atoms with Crippen LogP contribution in [0.5, 0.6) is 0 Å². The van der Waals surface area contributed by atoms with E-state index in [0.717, 1.165) is 40.9 Å². The Hall–Kier alpha value is -1.39. The predicted octanol–water partition coefficient (Wildman–Crippen LogP) is 4.27. The third kappa shape index (κ3) is 3.58. The summed E-state index contributed by atoms with van der Waals surface area (Å²) in [6, 6.07) is 12.1. The van der Waals surface area contributed by atoms with Crippen molar-refractivity contribution in [3.8, 4) is 0 Å². The number of unbranched alkanes of at least 4 members (excludes halogenated alkanes) is 1. The van der Waals surface area contributed by atoms with Crippen molar-refractivity contribution < 1.29 is 5.11 Å². The highest BCUT2D eigenvalue weighted by atomic mass is 79.9. The van der Waals surface area contributed by atoms with Crippen LogP contribution in [0.4, 0.5) is 11.5 Å². The summed E-state index contributed by atoms with van der Waals surface area (Å²) < 4.78 is 0.883. The van der Waals surface area contributed by atoms with E-state index in [0.29, 0.717) is 0 Å². The fourth-order valence-corrected chi connectivity index (χ4v) is 2.49. The van der Waals surface area contributed by atoms with Gasteiger partial charge in [-0.15, -0.1) is 0 Å². The third-order valence-corrected chi connectivity index (χ3v) is 3.57. The molecule has 20 heavy (non-hydrogen) atoms. The predicted molar refractivity (Wildman–Crippen MR) is 86.2 cm³/mol. The van der Waals surface area contributed by atoms with E-state index in [-0.39, 0.29) is 6.61 Å². The van der Waals surface area contributed by atoms with Crippen LogP contribution in [0.1, 0.15) is 25.3 Å². The SMILES string of the molecule is CCCCN(c1ccccc1)c1ncc(Br)cc1CO. The summed E-state index contributed by atoms with van der Waals surface area (Å²) in [5, 5.41) is 9.58. The van der Waals surface area contributed by atoms with E-state index < -0.39 is 0 Å². The van der Waals surface area contributed by atoms with Crippen LogP contribution in [-0.4, -0.2) is 16.6 Å². The molecule has 0 atom stereocenters. The van der Waals surface area contributed by atoms with Gasteiger partial charge < -0.3 is 10.0 Å². The van der Waals surface area contributed by atoms with Crippen molar-refractivity contribution in [1.29, 1.82) is 0 Å². The molecule has 0 bridgehead atoms. The Kier molecular flexibility index (Phi) is 5.56. The molecule has 2 aromatic rings. The molecule has 0 radical (unpaired) electrons. The second-order valence-electron chi connectivity index (χ2n) is 4.64. The van der Waals surface area contributed by atoms with Gasteiger partial charge in [0.1, 0.15) is 5.82 Å². The maximum Gasteiger partial charge on any atom is 0.138 e. The largest absolute Gasteiger partial charge is 0.392 e. The number of halogens is 1. The van der Waals surface area contributed by atoms with Crippen LogP contribution in [-0.2, 0) is 6.61 Å². The zero-order valence-corrected chi connectivity index (χ0v) is 13.2. The molecule has 1 aromatic heterocycles. The number of anilines is 2. The monoisotopic (exact) mass is 334 g/mol. The van der Waals surface area contributed by atoms with Gasteiger partial charge in [0.15, 0.2) is 0 Å². The Balaban J connectivity index is 2.41. The fourth-order valence-electron chi connectivity index (χ4n) is 2.11. The van der Waals surface area contributed by atoms with Gasteiger partial charge in [-0.3, -0.25) is 0 Å². The Morgan fingerprint density at radius 3 is 2.65 bits per heavy atom. The summed E-state index contributed by atoms with van der Waals surface area (Å²) in [4.78, 5) is 6.67. The Labute approximate surface area is 128 Å². The lowest BCUT2D eigenvalue weighted by atomic mass is 10.2. The number of aromatic nitrogens is 1. The number of nitrogens with zero attached hydrogens (tertiary/aromatic N) is 2. The van der Waals surface area contributed by atoms with Gasteiger partial charge >= 0.3 is 0 Å². The number of aliphatic hydroxyl groups excluding tert-OH is 1. The molecule has 106 valence electrons. The van der Waals surface area contributed by atoms with E-state index in [1.165, 1.54) is 0 Å². The number of para-hydroxylation sites is 1. The van der Waals surface area contributed by atoms with Crippen LogP contribution >= 0.6 is 15.9 Å². The zero-order valence-electron chi connectivity index (χ0n) is 11.6. The van der Waals surface area contributed by atoms with Gasteiger partial charge in [-0.2, -0.15) is 0 Å². The first kappa shape index (κ1) is 15.0. The lowest BCUT2D eigenvalue weighted by Crippen LogP contribution is -2.21. The normalized spacial score (nSPS) is 10.6. The third-order valence-electron chi connectivity index (χ3n) is 3.14.